The van der Waals surface area contributed by atoms with Crippen LogP contribution >= 0.6 is 0 Å². The van der Waals surface area contributed by atoms with E-state index in [-0.39, 0.29) is 5.69 Å². The minimum Gasteiger partial charge on any atom is -0.476 e. The van der Waals surface area contributed by atoms with Crippen LogP contribution in [0.1, 0.15) is 16.2 Å². The topological polar surface area (TPSA) is 98.7 Å². The van der Waals surface area contributed by atoms with Crippen molar-refractivity contribution in [1.29, 1.82) is 0 Å². The Labute approximate surface area is 119 Å². The van der Waals surface area contributed by atoms with Crippen LogP contribution in [0.2, 0.25) is 0 Å². The molecule has 3 aromatic rings. The molecule has 8 nitrogen and oxygen atoms in total. The number of carboxylic acids is 1. The zero-order valence-corrected chi connectivity index (χ0v) is 11.2. The van der Waals surface area contributed by atoms with Gasteiger partial charge in [-0.2, -0.15) is 0 Å². The van der Waals surface area contributed by atoms with Gasteiger partial charge in [0, 0.05) is 13.2 Å². The molecule has 0 aliphatic carbocycles. The minimum atomic E-state index is -1.13. The smallest absolute Gasteiger partial charge is 0.358 e. The molecule has 0 atom stereocenters. The Balaban J connectivity index is 2.09. The van der Waals surface area contributed by atoms with Gasteiger partial charge < -0.3 is 9.67 Å². The first-order valence-corrected chi connectivity index (χ1v) is 6.20. The van der Waals surface area contributed by atoms with E-state index in [0.717, 1.165) is 5.69 Å². The number of hydrogen-bond acceptors (Lipinski definition) is 5. The summed E-state index contributed by atoms with van der Waals surface area (Å²) in [6.45, 7) is 0.364. The first-order valence-electron chi connectivity index (χ1n) is 6.20. The van der Waals surface area contributed by atoms with Crippen molar-refractivity contribution in [2.24, 2.45) is 7.05 Å². The fourth-order valence-electron chi connectivity index (χ4n) is 2.01. The molecule has 0 bridgehead atoms. The second-order valence-electron chi connectivity index (χ2n) is 4.46. The first kappa shape index (κ1) is 13.0. The predicted molar refractivity (Wildman–Crippen MR) is 72.5 cm³/mol. The van der Waals surface area contributed by atoms with Crippen molar-refractivity contribution in [3.63, 3.8) is 0 Å². The molecule has 0 aliphatic heterocycles. The summed E-state index contributed by atoms with van der Waals surface area (Å²) in [6, 6.07) is 5.28. The highest BCUT2D eigenvalue weighted by atomic mass is 16.4. The van der Waals surface area contributed by atoms with Crippen molar-refractivity contribution in [3.05, 3.63) is 48.3 Å². The highest BCUT2D eigenvalue weighted by Gasteiger charge is 2.21. The molecule has 1 N–H and O–H groups in total. The maximum atomic E-state index is 11.3. The summed E-state index contributed by atoms with van der Waals surface area (Å²) < 4.78 is 3.35. The lowest BCUT2D eigenvalue weighted by Gasteiger charge is -2.07. The molecule has 106 valence electrons. The third kappa shape index (κ3) is 2.38. The van der Waals surface area contributed by atoms with Gasteiger partial charge in [-0.05, 0) is 12.1 Å². The third-order valence-corrected chi connectivity index (χ3v) is 3.07. The van der Waals surface area contributed by atoms with Gasteiger partial charge in [-0.25, -0.2) is 14.5 Å². The van der Waals surface area contributed by atoms with Crippen molar-refractivity contribution >= 4 is 5.97 Å². The number of carboxylic acid groups (broad SMARTS) is 1. The zero-order valence-electron chi connectivity index (χ0n) is 11.2. The number of hydrogen-bond donors (Lipinski definition) is 1. The number of rotatable bonds is 4. The summed E-state index contributed by atoms with van der Waals surface area (Å²) in [6.07, 6.45) is 4.97. The lowest BCUT2D eigenvalue weighted by atomic mass is 10.2. The quantitative estimate of drug-likeness (QED) is 0.761. The summed E-state index contributed by atoms with van der Waals surface area (Å²) >= 11 is 0. The average Bonchev–Trinajstić information content (AvgIpc) is 3.07. The van der Waals surface area contributed by atoms with Crippen LogP contribution in [0.25, 0.3) is 11.4 Å². The Morgan fingerprint density at radius 1 is 1.38 bits per heavy atom. The normalized spacial score (nSPS) is 10.7. The van der Waals surface area contributed by atoms with Gasteiger partial charge in [-0.15, -0.1) is 5.10 Å². The molecule has 0 unspecified atom stereocenters. The number of nitrogens with zero attached hydrogens (tertiary/aromatic N) is 6. The zero-order chi connectivity index (χ0) is 14.8. The molecule has 0 aliphatic rings. The van der Waals surface area contributed by atoms with E-state index in [4.69, 9.17) is 0 Å². The fraction of sp³-hybridized carbons (Fsp3) is 0.154. The highest BCUT2D eigenvalue weighted by molar-refractivity contribution is 5.92. The van der Waals surface area contributed by atoms with Crippen molar-refractivity contribution in [3.8, 4) is 11.4 Å². The highest BCUT2D eigenvalue weighted by Crippen LogP contribution is 2.20. The molecule has 8 heteroatoms. The van der Waals surface area contributed by atoms with Crippen LogP contribution < -0.4 is 0 Å². The summed E-state index contributed by atoms with van der Waals surface area (Å²) in [5.41, 5.74) is 1.66. The maximum absolute atomic E-state index is 11.3. The van der Waals surface area contributed by atoms with Crippen molar-refractivity contribution < 1.29 is 9.90 Å². The monoisotopic (exact) mass is 284 g/mol. The lowest BCUT2D eigenvalue weighted by Crippen LogP contribution is -2.09. The molecular weight excluding hydrogens is 272 g/mol. The number of aryl methyl sites for hydroxylation is 1. The van der Waals surface area contributed by atoms with E-state index < -0.39 is 5.97 Å². The van der Waals surface area contributed by atoms with E-state index in [9.17, 15) is 9.90 Å². The molecule has 0 fully saturated rings. The second-order valence-corrected chi connectivity index (χ2v) is 4.46. The molecule has 0 radical (unpaired) electrons. The van der Waals surface area contributed by atoms with Crippen LogP contribution in [0.4, 0.5) is 0 Å². The van der Waals surface area contributed by atoms with Gasteiger partial charge >= 0.3 is 5.97 Å². The van der Waals surface area contributed by atoms with E-state index >= 15 is 0 Å². The minimum absolute atomic E-state index is 0.115. The van der Waals surface area contributed by atoms with E-state index in [0.29, 0.717) is 17.9 Å². The number of imidazole rings is 1. The van der Waals surface area contributed by atoms with Gasteiger partial charge in [0.05, 0.1) is 30.5 Å². The van der Waals surface area contributed by atoms with Gasteiger partial charge in [0.1, 0.15) is 5.69 Å². The standard InChI is InChI=1S/C13H12N6O2/c1-18-8-14-6-9(18)7-19-12(10-4-2-3-5-15-10)11(13(20)21)16-17-19/h2-6,8H,7H2,1H3,(H,20,21). The molecule has 0 aromatic carbocycles. The number of aromatic carboxylic acids is 1. The fourth-order valence-corrected chi connectivity index (χ4v) is 2.01. The summed E-state index contributed by atoms with van der Waals surface area (Å²) in [4.78, 5) is 19.5. The number of aromatic nitrogens is 6. The van der Waals surface area contributed by atoms with Crippen molar-refractivity contribution in [2.45, 2.75) is 6.54 Å². The number of pyridine rings is 1. The van der Waals surface area contributed by atoms with Crippen molar-refractivity contribution in [2.75, 3.05) is 0 Å². The van der Waals surface area contributed by atoms with Crippen LogP contribution in [0, 0.1) is 0 Å². The van der Waals surface area contributed by atoms with E-state index in [2.05, 4.69) is 20.3 Å². The maximum Gasteiger partial charge on any atom is 0.358 e. The van der Waals surface area contributed by atoms with E-state index in [1.165, 1.54) is 4.68 Å². The predicted octanol–water partition coefficient (Wildman–Crippen LogP) is 0.820. The van der Waals surface area contributed by atoms with Crippen molar-refractivity contribution in [1.82, 2.24) is 29.5 Å². The van der Waals surface area contributed by atoms with Crippen LogP contribution in [0.3, 0.4) is 0 Å². The Morgan fingerprint density at radius 2 is 2.24 bits per heavy atom. The summed E-state index contributed by atoms with van der Waals surface area (Å²) in [7, 11) is 1.86. The van der Waals surface area contributed by atoms with E-state index in [1.807, 2.05) is 11.6 Å². The Kier molecular flexibility index (Phi) is 3.19. The molecule has 0 saturated carbocycles. The van der Waals surface area contributed by atoms with Crippen LogP contribution in [-0.4, -0.2) is 40.6 Å². The van der Waals surface area contributed by atoms with Crippen LogP contribution in [-0.2, 0) is 13.6 Å². The van der Waals surface area contributed by atoms with Gasteiger partial charge in [-0.1, -0.05) is 11.3 Å². The molecule has 21 heavy (non-hydrogen) atoms. The van der Waals surface area contributed by atoms with Gasteiger partial charge in [-0.3, -0.25) is 4.98 Å². The molecule has 3 rings (SSSR count). The second kappa shape index (κ2) is 5.16. The van der Waals surface area contributed by atoms with Gasteiger partial charge in [0.2, 0.25) is 0 Å². The molecule has 3 aromatic heterocycles. The largest absolute Gasteiger partial charge is 0.476 e. The van der Waals surface area contributed by atoms with Gasteiger partial charge in [0.25, 0.3) is 0 Å². The van der Waals surface area contributed by atoms with E-state index in [1.54, 1.807) is 36.9 Å². The summed E-state index contributed by atoms with van der Waals surface area (Å²) in [5.74, 6) is -1.13. The molecule has 0 saturated heterocycles. The van der Waals surface area contributed by atoms with Crippen LogP contribution in [0.15, 0.2) is 36.9 Å². The lowest BCUT2D eigenvalue weighted by molar-refractivity contribution is 0.0691. The molecule has 0 spiro atoms. The average molecular weight is 284 g/mol. The Morgan fingerprint density at radius 3 is 2.86 bits per heavy atom. The SMILES string of the molecule is Cn1cncc1Cn1nnc(C(=O)O)c1-c1ccccn1. The Hall–Kier alpha value is -3.03. The first-order chi connectivity index (χ1) is 10.2. The van der Waals surface area contributed by atoms with Gasteiger partial charge in [0.15, 0.2) is 5.69 Å². The molecule has 3 heterocycles. The Bertz CT molecular complexity index is 777. The number of carbonyl (C=O) groups is 1. The van der Waals surface area contributed by atoms with Crippen LogP contribution in [0.5, 0.6) is 0 Å². The summed E-state index contributed by atoms with van der Waals surface area (Å²) in [5, 5.41) is 16.9. The third-order valence-electron chi connectivity index (χ3n) is 3.07. The molecular formula is C13H12N6O2. The molecule has 0 amide bonds.